The summed E-state index contributed by atoms with van der Waals surface area (Å²) in [4.78, 5) is 11.2. The molecule has 1 aliphatic carbocycles. The Morgan fingerprint density at radius 1 is 1.83 bits per heavy atom. The van der Waals surface area contributed by atoms with Gasteiger partial charge in [-0.15, -0.1) is 5.16 Å². The average molecular weight is 171 g/mol. The Balaban J connectivity index is 2.66. The van der Waals surface area contributed by atoms with Crippen molar-refractivity contribution >= 4 is 12.2 Å². The molecule has 0 spiro atoms. The Hall–Kier alpha value is -1.06. The SMILES string of the molecule is COC(=O)C1(C)CCC1/C=N/O. The molecule has 1 fully saturated rings. The molecule has 1 aliphatic rings. The van der Waals surface area contributed by atoms with Gasteiger partial charge in [-0.2, -0.15) is 0 Å². The minimum atomic E-state index is -0.471. The zero-order valence-electron chi connectivity index (χ0n) is 7.28. The van der Waals surface area contributed by atoms with Crippen molar-refractivity contribution in [3.63, 3.8) is 0 Å². The quantitative estimate of drug-likeness (QED) is 0.292. The van der Waals surface area contributed by atoms with Crippen LogP contribution in [-0.2, 0) is 9.53 Å². The van der Waals surface area contributed by atoms with Gasteiger partial charge in [0.1, 0.15) is 0 Å². The van der Waals surface area contributed by atoms with Gasteiger partial charge in [-0.05, 0) is 19.8 Å². The molecule has 0 aromatic rings. The first kappa shape index (κ1) is 9.03. The summed E-state index contributed by atoms with van der Waals surface area (Å²) in [5, 5.41) is 11.2. The number of ether oxygens (including phenoxy) is 1. The second-order valence-electron chi connectivity index (χ2n) is 3.32. The number of hydrogen-bond donors (Lipinski definition) is 1. The number of rotatable bonds is 2. The van der Waals surface area contributed by atoms with Gasteiger partial charge < -0.3 is 9.94 Å². The molecule has 1 rings (SSSR count). The highest BCUT2D eigenvalue weighted by atomic mass is 16.5. The maximum absolute atomic E-state index is 11.2. The standard InChI is InChI=1S/C8H13NO3/c1-8(7(10)12-2)4-3-6(8)5-9-11/h5-6,11H,3-4H2,1-2H3/b9-5+. The number of hydrogen-bond acceptors (Lipinski definition) is 4. The van der Waals surface area contributed by atoms with E-state index >= 15 is 0 Å². The van der Waals surface area contributed by atoms with Gasteiger partial charge in [0.15, 0.2) is 0 Å². The molecule has 0 bridgehead atoms. The third-order valence-corrected chi connectivity index (χ3v) is 2.69. The van der Waals surface area contributed by atoms with Crippen LogP contribution in [0.2, 0.25) is 0 Å². The normalized spacial score (nSPS) is 34.7. The van der Waals surface area contributed by atoms with Crippen LogP contribution in [0, 0.1) is 11.3 Å². The van der Waals surface area contributed by atoms with Crippen LogP contribution in [0.3, 0.4) is 0 Å². The molecule has 1 N–H and O–H groups in total. The fourth-order valence-corrected chi connectivity index (χ4v) is 1.55. The van der Waals surface area contributed by atoms with E-state index in [9.17, 15) is 4.79 Å². The largest absolute Gasteiger partial charge is 0.469 e. The number of methoxy groups -OCH3 is 1. The van der Waals surface area contributed by atoms with Gasteiger partial charge in [0.25, 0.3) is 0 Å². The molecule has 4 nitrogen and oxygen atoms in total. The lowest BCUT2D eigenvalue weighted by Crippen LogP contribution is -2.45. The third-order valence-electron chi connectivity index (χ3n) is 2.69. The van der Waals surface area contributed by atoms with Crippen LogP contribution in [0.1, 0.15) is 19.8 Å². The molecular formula is C8H13NO3. The Morgan fingerprint density at radius 3 is 2.83 bits per heavy atom. The van der Waals surface area contributed by atoms with E-state index in [1.54, 1.807) is 0 Å². The fraction of sp³-hybridized carbons (Fsp3) is 0.750. The lowest BCUT2D eigenvalue weighted by molar-refractivity contribution is -0.159. The molecule has 0 heterocycles. The molecule has 0 aromatic carbocycles. The second kappa shape index (κ2) is 3.13. The molecule has 0 aromatic heterocycles. The molecule has 1 saturated carbocycles. The summed E-state index contributed by atoms with van der Waals surface area (Å²) in [6, 6.07) is 0. The van der Waals surface area contributed by atoms with Gasteiger partial charge in [0.05, 0.1) is 12.5 Å². The fourth-order valence-electron chi connectivity index (χ4n) is 1.55. The molecule has 2 atom stereocenters. The van der Waals surface area contributed by atoms with Crippen LogP contribution in [0.4, 0.5) is 0 Å². The predicted molar refractivity (Wildman–Crippen MR) is 43.1 cm³/mol. The first-order chi connectivity index (χ1) is 5.65. The first-order valence-electron chi connectivity index (χ1n) is 3.91. The van der Waals surface area contributed by atoms with Crippen molar-refractivity contribution in [2.75, 3.05) is 7.11 Å². The molecule has 0 amide bonds. The smallest absolute Gasteiger partial charge is 0.312 e. The van der Waals surface area contributed by atoms with E-state index in [-0.39, 0.29) is 11.9 Å². The van der Waals surface area contributed by atoms with E-state index in [0.29, 0.717) is 0 Å². The Bertz CT molecular complexity index is 214. The zero-order valence-corrected chi connectivity index (χ0v) is 7.28. The van der Waals surface area contributed by atoms with Gasteiger partial charge >= 0.3 is 5.97 Å². The summed E-state index contributed by atoms with van der Waals surface area (Å²) >= 11 is 0. The molecule has 0 radical (unpaired) electrons. The molecule has 4 heteroatoms. The molecule has 12 heavy (non-hydrogen) atoms. The lowest BCUT2D eigenvalue weighted by atomic mass is 9.62. The van der Waals surface area contributed by atoms with Crippen molar-refractivity contribution < 1.29 is 14.7 Å². The lowest BCUT2D eigenvalue weighted by Gasteiger charge is -2.41. The average Bonchev–Trinajstić information content (AvgIpc) is 2.09. The van der Waals surface area contributed by atoms with Crippen LogP contribution in [-0.4, -0.2) is 24.5 Å². The monoisotopic (exact) mass is 171 g/mol. The minimum absolute atomic E-state index is 0.0231. The van der Waals surface area contributed by atoms with Crippen molar-refractivity contribution in [2.45, 2.75) is 19.8 Å². The van der Waals surface area contributed by atoms with E-state index in [1.807, 2.05) is 6.92 Å². The van der Waals surface area contributed by atoms with E-state index in [1.165, 1.54) is 13.3 Å². The second-order valence-corrected chi connectivity index (χ2v) is 3.32. The van der Waals surface area contributed by atoms with Crippen LogP contribution >= 0.6 is 0 Å². The van der Waals surface area contributed by atoms with E-state index in [4.69, 9.17) is 5.21 Å². The van der Waals surface area contributed by atoms with Crippen molar-refractivity contribution in [2.24, 2.45) is 16.5 Å². The van der Waals surface area contributed by atoms with Crippen LogP contribution in [0.15, 0.2) is 5.16 Å². The number of nitrogens with zero attached hydrogens (tertiary/aromatic N) is 1. The Morgan fingerprint density at radius 2 is 2.50 bits per heavy atom. The van der Waals surface area contributed by atoms with Crippen molar-refractivity contribution in [3.8, 4) is 0 Å². The van der Waals surface area contributed by atoms with E-state index in [2.05, 4.69) is 9.89 Å². The first-order valence-corrected chi connectivity index (χ1v) is 3.91. The highest BCUT2D eigenvalue weighted by molar-refractivity contribution is 5.83. The Labute approximate surface area is 71.2 Å². The highest BCUT2D eigenvalue weighted by Crippen LogP contribution is 2.46. The number of oxime groups is 1. The maximum atomic E-state index is 11.2. The van der Waals surface area contributed by atoms with Crippen LogP contribution in [0.25, 0.3) is 0 Å². The van der Waals surface area contributed by atoms with Gasteiger partial charge in [0.2, 0.25) is 0 Å². The summed E-state index contributed by atoms with van der Waals surface area (Å²) < 4.78 is 4.65. The predicted octanol–water partition coefficient (Wildman–Crippen LogP) is 1.04. The number of carbonyl (C=O) groups is 1. The van der Waals surface area contributed by atoms with Gasteiger partial charge in [-0.1, -0.05) is 0 Å². The number of carbonyl (C=O) groups excluding carboxylic acids is 1. The van der Waals surface area contributed by atoms with Crippen LogP contribution < -0.4 is 0 Å². The van der Waals surface area contributed by atoms with E-state index < -0.39 is 5.41 Å². The molecule has 0 aliphatic heterocycles. The zero-order chi connectivity index (χ0) is 9.19. The van der Waals surface area contributed by atoms with Crippen molar-refractivity contribution in [3.05, 3.63) is 0 Å². The number of esters is 1. The minimum Gasteiger partial charge on any atom is -0.469 e. The van der Waals surface area contributed by atoms with Crippen molar-refractivity contribution in [1.82, 2.24) is 0 Å². The molecular weight excluding hydrogens is 158 g/mol. The summed E-state index contributed by atoms with van der Waals surface area (Å²) in [7, 11) is 1.37. The summed E-state index contributed by atoms with van der Waals surface area (Å²) in [6.45, 7) is 1.83. The van der Waals surface area contributed by atoms with Gasteiger partial charge in [0, 0.05) is 12.1 Å². The molecule has 0 saturated heterocycles. The Kier molecular flexibility index (Phi) is 2.35. The summed E-state index contributed by atoms with van der Waals surface area (Å²) in [6.07, 6.45) is 3.09. The van der Waals surface area contributed by atoms with Gasteiger partial charge in [-0.3, -0.25) is 4.79 Å². The van der Waals surface area contributed by atoms with Crippen LogP contribution in [0.5, 0.6) is 0 Å². The molecule has 68 valence electrons. The highest BCUT2D eigenvalue weighted by Gasteiger charge is 2.49. The maximum Gasteiger partial charge on any atom is 0.312 e. The van der Waals surface area contributed by atoms with Crippen molar-refractivity contribution in [1.29, 1.82) is 0 Å². The molecule has 2 unspecified atom stereocenters. The van der Waals surface area contributed by atoms with E-state index in [0.717, 1.165) is 12.8 Å². The third kappa shape index (κ3) is 1.17. The summed E-state index contributed by atoms with van der Waals surface area (Å²) in [5.41, 5.74) is -0.471. The van der Waals surface area contributed by atoms with Gasteiger partial charge in [-0.25, -0.2) is 0 Å². The topological polar surface area (TPSA) is 58.9 Å². The summed E-state index contributed by atoms with van der Waals surface area (Å²) in [5.74, 6) is -0.200.